The predicted molar refractivity (Wildman–Crippen MR) is 124 cm³/mol. The molecule has 0 saturated carbocycles. The molecule has 0 aliphatic heterocycles. The Morgan fingerprint density at radius 3 is 2.67 bits per heavy atom. The zero-order valence-corrected chi connectivity index (χ0v) is 18.2. The van der Waals surface area contributed by atoms with Gasteiger partial charge in [0.1, 0.15) is 18.0 Å². The topological polar surface area (TPSA) is 89.8 Å². The zero-order valence-electron chi connectivity index (χ0n) is 17.4. The Balaban J connectivity index is 1.67. The van der Waals surface area contributed by atoms with Gasteiger partial charge >= 0.3 is 0 Å². The van der Waals surface area contributed by atoms with Crippen molar-refractivity contribution >= 4 is 34.1 Å². The van der Waals surface area contributed by atoms with Crippen LogP contribution in [-0.2, 0) is 6.42 Å². The molecule has 4 aromatic rings. The molecule has 1 aliphatic rings. The Labute approximate surface area is 192 Å². The van der Waals surface area contributed by atoms with E-state index in [0.29, 0.717) is 33.1 Å². The van der Waals surface area contributed by atoms with Gasteiger partial charge in [0.25, 0.3) is 5.56 Å². The molecular weight excluding hydrogens is 445 g/mol. The number of halogens is 2. The van der Waals surface area contributed by atoms with E-state index in [-0.39, 0.29) is 23.4 Å². The zero-order chi connectivity index (χ0) is 23.1. The molecule has 33 heavy (non-hydrogen) atoms. The summed E-state index contributed by atoms with van der Waals surface area (Å²) in [4.78, 5) is 39.0. The first-order valence-electron chi connectivity index (χ1n) is 10.2. The molecule has 1 aliphatic carbocycles. The highest BCUT2D eigenvalue weighted by molar-refractivity contribution is 6.35. The highest BCUT2D eigenvalue weighted by Gasteiger charge is 2.28. The van der Waals surface area contributed by atoms with Gasteiger partial charge in [-0.3, -0.25) is 14.2 Å². The molecule has 1 unspecified atom stereocenters. The summed E-state index contributed by atoms with van der Waals surface area (Å²) in [5.41, 5.74) is 1.25. The summed E-state index contributed by atoms with van der Waals surface area (Å²) in [6, 6.07) is 13.6. The highest BCUT2D eigenvalue weighted by atomic mass is 35.5. The minimum Gasteiger partial charge on any atom is -0.360 e. The molecular formula is C24H17ClFN5O2. The number of hydrogen-bond acceptors (Lipinski definition) is 6. The van der Waals surface area contributed by atoms with Crippen LogP contribution in [0.1, 0.15) is 34.8 Å². The predicted octanol–water partition coefficient (Wildman–Crippen LogP) is 4.59. The van der Waals surface area contributed by atoms with Crippen LogP contribution < -0.4 is 10.9 Å². The quantitative estimate of drug-likeness (QED) is 0.478. The number of anilines is 1. The van der Waals surface area contributed by atoms with Gasteiger partial charge in [0.2, 0.25) is 5.78 Å². The number of fused-ring (bicyclic) bond motifs is 2. The molecule has 5 rings (SSSR count). The Hall–Kier alpha value is -3.91. The summed E-state index contributed by atoms with van der Waals surface area (Å²) < 4.78 is 15.5. The second-order valence-corrected chi connectivity index (χ2v) is 7.98. The number of carbonyl (C=O) groups excluding carboxylic acids is 1. The number of allylic oxidation sites excluding steroid dienone is 2. The third kappa shape index (κ3) is 3.58. The van der Waals surface area contributed by atoms with Crippen molar-refractivity contribution in [1.82, 2.24) is 19.5 Å². The van der Waals surface area contributed by atoms with E-state index in [1.54, 1.807) is 37.3 Å². The first kappa shape index (κ1) is 21.0. The Bertz CT molecular complexity index is 1500. The molecule has 9 heteroatoms. The molecule has 7 nitrogen and oxygen atoms in total. The number of benzene rings is 2. The van der Waals surface area contributed by atoms with Gasteiger partial charge in [-0.05, 0) is 37.3 Å². The second-order valence-electron chi connectivity index (χ2n) is 7.58. The van der Waals surface area contributed by atoms with Gasteiger partial charge in [-0.25, -0.2) is 19.3 Å². The van der Waals surface area contributed by atoms with Gasteiger partial charge in [-0.1, -0.05) is 35.9 Å². The van der Waals surface area contributed by atoms with Crippen LogP contribution in [-0.4, -0.2) is 25.3 Å². The fraction of sp³-hybridized carbons (Fsp3) is 0.125. The maximum absolute atomic E-state index is 14.0. The fourth-order valence-corrected chi connectivity index (χ4v) is 4.17. The monoisotopic (exact) mass is 461 g/mol. The van der Waals surface area contributed by atoms with Gasteiger partial charge in [-0.15, -0.1) is 0 Å². The summed E-state index contributed by atoms with van der Waals surface area (Å²) in [6.45, 7) is 1.78. The van der Waals surface area contributed by atoms with Crippen LogP contribution in [0.3, 0.4) is 0 Å². The lowest BCUT2D eigenvalue weighted by atomic mass is 10.00. The first-order valence-corrected chi connectivity index (χ1v) is 10.6. The maximum Gasteiger partial charge on any atom is 0.267 e. The Morgan fingerprint density at radius 1 is 1.09 bits per heavy atom. The van der Waals surface area contributed by atoms with Crippen LogP contribution in [0.4, 0.5) is 10.2 Å². The van der Waals surface area contributed by atoms with Crippen molar-refractivity contribution in [3.63, 3.8) is 0 Å². The van der Waals surface area contributed by atoms with E-state index in [4.69, 9.17) is 16.6 Å². The molecule has 164 valence electrons. The SMILES string of the molecule is CC(Nc1ncnc2c1C(=O)C(F)=CC2)c1nc2cccc(Cl)c2c(=O)n1-c1ccccc1. The van der Waals surface area contributed by atoms with E-state index in [1.807, 2.05) is 18.2 Å². The normalized spacial score (nSPS) is 14.0. The summed E-state index contributed by atoms with van der Waals surface area (Å²) in [7, 11) is 0. The van der Waals surface area contributed by atoms with E-state index >= 15 is 0 Å². The number of para-hydroxylation sites is 1. The molecule has 0 saturated heterocycles. The third-order valence-electron chi connectivity index (χ3n) is 5.47. The molecule has 0 amide bonds. The van der Waals surface area contributed by atoms with Crippen molar-refractivity contribution in [2.75, 3.05) is 5.32 Å². The van der Waals surface area contributed by atoms with Crippen molar-refractivity contribution < 1.29 is 9.18 Å². The van der Waals surface area contributed by atoms with Crippen LogP contribution in [0.25, 0.3) is 16.6 Å². The standard InChI is InChI=1S/C24H17ClFN5O2/c1-13(29-22-20-17(27-12-28-22)11-10-16(26)21(20)32)23-30-18-9-5-8-15(25)19(18)24(33)31(23)14-6-3-2-4-7-14/h2-10,12-13H,11H2,1H3,(H,27,28,29). The van der Waals surface area contributed by atoms with Crippen molar-refractivity contribution in [3.8, 4) is 5.69 Å². The molecule has 2 heterocycles. The van der Waals surface area contributed by atoms with Crippen LogP contribution in [0.5, 0.6) is 0 Å². The van der Waals surface area contributed by atoms with E-state index in [0.717, 1.165) is 0 Å². The molecule has 2 aromatic heterocycles. The lowest BCUT2D eigenvalue weighted by Crippen LogP contribution is -2.28. The number of hydrogen-bond donors (Lipinski definition) is 1. The van der Waals surface area contributed by atoms with E-state index < -0.39 is 17.7 Å². The minimum atomic E-state index is -0.840. The molecule has 1 N–H and O–H groups in total. The fourth-order valence-electron chi connectivity index (χ4n) is 3.92. The number of nitrogens with zero attached hydrogens (tertiary/aromatic N) is 4. The Morgan fingerprint density at radius 2 is 1.88 bits per heavy atom. The van der Waals surface area contributed by atoms with E-state index in [2.05, 4.69) is 15.3 Å². The van der Waals surface area contributed by atoms with Crippen molar-refractivity contribution in [1.29, 1.82) is 0 Å². The van der Waals surface area contributed by atoms with E-state index in [9.17, 15) is 14.0 Å². The summed E-state index contributed by atoms with van der Waals surface area (Å²) in [5, 5.41) is 3.74. The van der Waals surface area contributed by atoms with Crippen LogP contribution in [0, 0.1) is 0 Å². The number of aromatic nitrogens is 4. The summed E-state index contributed by atoms with van der Waals surface area (Å²) in [5.74, 6) is -1.05. The van der Waals surface area contributed by atoms with Crippen LogP contribution >= 0.6 is 11.6 Å². The number of rotatable bonds is 4. The van der Waals surface area contributed by atoms with Gasteiger partial charge in [0.05, 0.1) is 38.9 Å². The summed E-state index contributed by atoms with van der Waals surface area (Å²) in [6.07, 6.45) is 2.71. The minimum absolute atomic E-state index is 0.0850. The molecule has 0 radical (unpaired) electrons. The first-order chi connectivity index (χ1) is 16.0. The molecule has 0 bridgehead atoms. The van der Waals surface area contributed by atoms with E-state index in [1.165, 1.54) is 17.0 Å². The lowest BCUT2D eigenvalue weighted by Gasteiger charge is -2.22. The molecule has 0 spiro atoms. The molecule has 2 aromatic carbocycles. The van der Waals surface area contributed by atoms with Crippen molar-refractivity contribution in [2.24, 2.45) is 0 Å². The smallest absolute Gasteiger partial charge is 0.267 e. The van der Waals surface area contributed by atoms with Crippen LogP contribution in [0.2, 0.25) is 5.02 Å². The average molecular weight is 462 g/mol. The number of carbonyl (C=O) groups is 1. The largest absolute Gasteiger partial charge is 0.360 e. The van der Waals surface area contributed by atoms with Gasteiger partial charge in [0, 0.05) is 6.42 Å². The lowest BCUT2D eigenvalue weighted by molar-refractivity contribution is 0.100. The molecule has 1 atom stereocenters. The summed E-state index contributed by atoms with van der Waals surface area (Å²) >= 11 is 6.33. The maximum atomic E-state index is 14.0. The second kappa shape index (κ2) is 8.22. The third-order valence-corrected chi connectivity index (χ3v) is 5.79. The van der Waals surface area contributed by atoms with Crippen molar-refractivity contribution in [3.05, 3.63) is 99.2 Å². The Kier molecular flexibility index (Phi) is 5.22. The average Bonchev–Trinajstić information content (AvgIpc) is 2.82. The van der Waals surface area contributed by atoms with Gasteiger partial charge in [-0.2, -0.15) is 0 Å². The van der Waals surface area contributed by atoms with Gasteiger partial charge in [0.15, 0.2) is 5.83 Å². The number of ketones is 1. The number of nitrogens with one attached hydrogen (secondary N) is 1. The van der Waals surface area contributed by atoms with Crippen LogP contribution in [0.15, 0.2) is 71.6 Å². The van der Waals surface area contributed by atoms with Crippen molar-refractivity contribution in [2.45, 2.75) is 19.4 Å². The highest BCUT2D eigenvalue weighted by Crippen LogP contribution is 2.29. The molecule has 0 fully saturated rings. The van der Waals surface area contributed by atoms with Gasteiger partial charge < -0.3 is 5.32 Å². The number of Topliss-reactive ketones (excluding diaryl/α,β-unsaturated/α-hetero) is 1.